The predicted molar refractivity (Wildman–Crippen MR) is 173 cm³/mol. The number of rotatable bonds is 9. The lowest BCUT2D eigenvalue weighted by Gasteiger charge is -2.13. The molecule has 0 radical (unpaired) electrons. The summed E-state index contributed by atoms with van der Waals surface area (Å²) in [5.74, 6) is 1.68. The second-order valence-corrected chi connectivity index (χ2v) is 10.5. The van der Waals surface area contributed by atoms with Crippen LogP contribution in [-0.4, -0.2) is 23.0 Å². The number of carbonyl (C=O) groups is 3. The van der Waals surface area contributed by atoms with E-state index in [1.165, 1.54) is 0 Å². The first kappa shape index (κ1) is 33.9. The van der Waals surface area contributed by atoms with E-state index in [1.54, 1.807) is 88.4 Å². The van der Waals surface area contributed by atoms with E-state index in [0.717, 1.165) is 28.0 Å². The molecule has 0 bridgehead atoms. The molecule has 4 rings (SSSR count). The number of para-hydroxylation sites is 1. The molecule has 8 heteroatoms. The topological polar surface area (TPSA) is 108 Å². The molecule has 0 amide bonds. The standard InChI is InChI=1S/C19H18O5.C18H18O3/c1-11(2)19(22)24-16-7-5-15(6-8-16)23-17-12(3)9-14(18(20)21)10-13(17)4;1-12(2)18(19)21-16-10-8-15(9-11-16)20-17-13(3)6-5-7-14(17)4/h5-10H,1H2,2-4H3,(H,20,21);5-11H,1H2,2-4H3. The maximum absolute atomic E-state index is 11.5. The minimum absolute atomic E-state index is 0.222. The Morgan fingerprint density at radius 1 is 0.556 bits per heavy atom. The van der Waals surface area contributed by atoms with Gasteiger partial charge in [-0.3, -0.25) is 0 Å². The van der Waals surface area contributed by atoms with Crippen LogP contribution in [0, 0.1) is 27.7 Å². The molecule has 0 fully saturated rings. The molecular weight excluding hydrogens is 572 g/mol. The number of carbonyl (C=O) groups excluding carboxylic acids is 2. The second-order valence-electron chi connectivity index (χ2n) is 10.5. The van der Waals surface area contributed by atoms with Crippen LogP contribution in [-0.2, 0) is 9.59 Å². The Morgan fingerprint density at radius 2 is 0.889 bits per heavy atom. The van der Waals surface area contributed by atoms with Gasteiger partial charge in [-0.15, -0.1) is 0 Å². The zero-order chi connectivity index (χ0) is 33.3. The third-order valence-corrected chi connectivity index (χ3v) is 6.32. The van der Waals surface area contributed by atoms with Crippen molar-refractivity contribution < 1.29 is 38.4 Å². The largest absolute Gasteiger partial charge is 0.478 e. The van der Waals surface area contributed by atoms with Crippen molar-refractivity contribution in [2.75, 3.05) is 0 Å². The molecular formula is C37H36O8. The maximum Gasteiger partial charge on any atom is 0.338 e. The van der Waals surface area contributed by atoms with Crippen molar-refractivity contribution in [2.24, 2.45) is 0 Å². The minimum atomic E-state index is -0.976. The van der Waals surface area contributed by atoms with Crippen molar-refractivity contribution in [1.29, 1.82) is 0 Å². The Balaban J connectivity index is 0.000000248. The zero-order valence-electron chi connectivity index (χ0n) is 26.2. The van der Waals surface area contributed by atoms with Crippen LogP contribution < -0.4 is 18.9 Å². The van der Waals surface area contributed by atoms with Crippen molar-refractivity contribution in [3.63, 3.8) is 0 Å². The lowest BCUT2D eigenvalue weighted by Crippen LogP contribution is -2.07. The van der Waals surface area contributed by atoms with Crippen LogP contribution in [0.2, 0.25) is 0 Å². The number of esters is 2. The van der Waals surface area contributed by atoms with Crippen molar-refractivity contribution in [3.8, 4) is 34.5 Å². The van der Waals surface area contributed by atoms with Crippen molar-refractivity contribution in [3.05, 3.63) is 131 Å². The summed E-state index contributed by atoms with van der Waals surface area (Å²) in [5, 5.41) is 9.07. The number of ether oxygens (including phenoxy) is 4. The van der Waals surface area contributed by atoms with Crippen molar-refractivity contribution >= 4 is 17.9 Å². The number of hydrogen-bond acceptors (Lipinski definition) is 7. The Morgan fingerprint density at radius 3 is 1.22 bits per heavy atom. The number of hydrogen-bond donors (Lipinski definition) is 1. The average Bonchev–Trinajstić information content (AvgIpc) is 2.98. The van der Waals surface area contributed by atoms with E-state index >= 15 is 0 Å². The van der Waals surface area contributed by atoms with Crippen LogP contribution in [0.5, 0.6) is 34.5 Å². The van der Waals surface area contributed by atoms with Gasteiger partial charge >= 0.3 is 17.9 Å². The Bertz CT molecular complexity index is 1690. The first-order valence-corrected chi connectivity index (χ1v) is 14.0. The third-order valence-electron chi connectivity index (χ3n) is 6.32. The summed E-state index contributed by atoms with van der Waals surface area (Å²) in [6.07, 6.45) is 0. The van der Waals surface area contributed by atoms with Gasteiger partial charge in [0.25, 0.3) is 0 Å². The summed E-state index contributed by atoms with van der Waals surface area (Å²) in [4.78, 5) is 33.9. The average molecular weight is 609 g/mol. The van der Waals surface area contributed by atoms with E-state index in [2.05, 4.69) is 13.2 Å². The molecule has 0 saturated heterocycles. The van der Waals surface area contributed by atoms with Gasteiger partial charge in [0.1, 0.15) is 34.5 Å². The molecule has 0 aliphatic heterocycles. The molecule has 0 spiro atoms. The van der Waals surface area contributed by atoms with Crippen LogP contribution in [0.3, 0.4) is 0 Å². The van der Waals surface area contributed by atoms with Gasteiger partial charge in [0.15, 0.2) is 0 Å². The number of aryl methyl sites for hydroxylation is 4. The van der Waals surface area contributed by atoms with Crippen LogP contribution in [0.1, 0.15) is 46.5 Å². The predicted octanol–water partition coefficient (Wildman–Crippen LogP) is 8.85. The fraction of sp³-hybridized carbons (Fsp3) is 0.162. The fourth-order valence-corrected chi connectivity index (χ4v) is 3.97. The molecule has 0 saturated carbocycles. The molecule has 1 N–H and O–H groups in total. The van der Waals surface area contributed by atoms with Gasteiger partial charge in [-0.2, -0.15) is 0 Å². The second kappa shape index (κ2) is 15.2. The summed E-state index contributed by atoms with van der Waals surface area (Å²) < 4.78 is 22.0. The normalized spacial score (nSPS) is 10.1. The van der Waals surface area contributed by atoms with E-state index in [-0.39, 0.29) is 5.56 Å². The first-order valence-electron chi connectivity index (χ1n) is 14.0. The third kappa shape index (κ3) is 9.69. The highest BCUT2D eigenvalue weighted by Gasteiger charge is 2.12. The smallest absolute Gasteiger partial charge is 0.338 e. The van der Waals surface area contributed by atoms with Gasteiger partial charge in [0, 0.05) is 11.1 Å². The summed E-state index contributed by atoms with van der Waals surface area (Å²) in [7, 11) is 0. The Labute approximate surface area is 263 Å². The molecule has 45 heavy (non-hydrogen) atoms. The molecule has 8 nitrogen and oxygen atoms in total. The first-order chi connectivity index (χ1) is 21.2. The quantitative estimate of drug-likeness (QED) is 0.114. The van der Waals surface area contributed by atoms with Crippen molar-refractivity contribution in [1.82, 2.24) is 0 Å². The minimum Gasteiger partial charge on any atom is -0.478 e. The molecule has 0 aromatic heterocycles. The summed E-state index contributed by atoms with van der Waals surface area (Å²) in [5.41, 5.74) is 4.52. The molecule has 0 heterocycles. The highest BCUT2D eigenvalue weighted by atomic mass is 16.5. The molecule has 0 unspecified atom stereocenters. The zero-order valence-corrected chi connectivity index (χ0v) is 26.2. The van der Waals surface area contributed by atoms with E-state index in [4.69, 9.17) is 24.1 Å². The molecule has 0 atom stereocenters. The number of carboxylic acid groups (broad SMARTS) is 1. The van der Waals surface area contributed by atoms with Gasteiger partial charge in [0.2, 0.25) is 0 Å². The highest BCUT2D eigenvalue weighted by molar-refractivity contribution is 5.89. The Kier molecular flexibility index (Phi) is 11.4. The summed E-state index contributed by atoms with van der Waals surface area (Å²) >= 11 is 0. The van der Waals surface area contributed by atoms with Crippen LogP contribution in [0.4, 0.5) is 0 Å². The van der Waals surface area contributed by atoms with Gasteiger partial charge < -0.3 is 24.1 Å². The van der Waals surface area contributed by atoms with E-state index < -0.39 is 17.9 Å². The fourth-order valence-electron chi connectivity index (χ4n) is 3.97. The highest BCUT2D eigenvalue weighted by Crippen LogP contribution is 2.31. The van der Waals surface area contributed by atoms with Crippen LogP contribution in [0.25, 0.3) is 0 Å². The molecule has 232 valence electrons. The SMILES string of the molecule is C=C(C)C(=O)Oc1ccc(Oc2c(C)cc(C(=O)O)cc2C)cc1.C=C(C)C(=O)Oc1ccc(Oc2c(C)cccc2C)cc1. The molecule has 0 aliphatic carbocycles. The lowest BCUT2D eigenvalue weighted by molar-refractivity contribution is -0.130. The van der Waals surface area contributed by atoms with E-state index in [0.29, 0.717) is 39.9 Å². The van der Waals surface area contributed by atoms with Gasteiger partial charge in [-0.25, -0.2) is 14.4 Å². The maximum atomic E-state index is 11.5. The Hall–Kier alpha value is -5.63. The summed E-state index contributed by atoms with van der Waals surface area (Å²) in [6.45, 7) is 17.8. The number of aromatic carboxylic acids is 1. The number of benzene rings is 4. The van der Waals surface area contributed by atoms with Crippen molar-refractivity contribution in [2.45, 2.75) is 41.5 Å². The van der Waals surface area contributed by atoms with Gasteiger partial charge in [0.05, 0.1) is 5.56 Å². The van der Waals surface area contributed by atoms with Gasteiger partial charge in [-0.05, 0) is 124 Å². The molecule has 0 aliphatic rings. The van der Waals surface area contributed by atoms with Crippen LogP contribution >= 0.6 is 0 Å². The lowest BCUT2D eigenvalue weighted by atomic mass is 10.1. The van der Waals surface area contributed by atoms with E-state index in [9.17, 15) is 14.4 Å². The number of carboxylic acids is 1. The summed E-state index contributed by atoms with van der Waals surface area (Å²) in [6, 6.07) is 22.7. The monoisotopic (exact) mass is 608 g/mol. The molecule has 4 aromatic carbocycles. The van der Waals surface area contributed by atoms with Crippen LogP contribution in [0.15, 0.2) is 103 Å². The molecule has 4 aromatic rings. The van der Waals surface area contributed by atoms with E-state index in [1.807, 2.05) is 32.0 Å². The van der Waals surface area contributed by atoms with Gasteiger partial charge in [-0.1, -0.05) is 31.4 Å².